The molecule has 2 nitrogen and oxygen atoms in total. The number of halogens is 2. The number of rotatable bonds is 4. The van der Waals surface area contributed by atoms with Gasteiger partial charge in [0.1, 0.15) is 0 Å². The summed E-state index contributed by atoms with van der Waals surface area (Å²) in [4.78, 5) is 2.51. The van der Waals surface area contributed by atoms with Crippen molar-refractivity contribution in [1.29, 1.82) is 0 Å². The van der Waals surface area contributed by atoms with Crippen LogP contribution in [0.2, 0.25) is 10.0 Å². The van der Waals surface area contributed by atoms with E-state index in [-0.39, 0.29) is 0 Å². The van der Waals surface area contributed by atoms with Crippen LogP contribution >= 0.6 is 23.2 Å². The molecule has 1 saturated heterocycles. The van der Waals surface area contributed by atoms with E-state index in [1.807, 2.05) is 18.2 Å². The molecule has 106 valence electrons. The molecule has 0 spiro atoms. The average molecular weight is 301 g/mol. The van der Waals surface area contributed by atoms with Gasteiger partial charge in [-0.1, -0.05) is 29.3 Å². The number of likely N-dealkylation sites (tertiary alicyclic amines) is 1. The Balaban J connectivity index is 1.94. The van der Waals surface area contributed by atoms with E-state index >= 15 is 0 Å². The first kappa shape index (κ1) is 15.1. The van der Waals surface area contributed by atoms with E-state index in [1.165, 1.54) is 18.5 Å². The molecule has 2 rings (SSSR count). The normalized spacial score (nSPS) is 22.1. The van der Waals surface area contributed by atoms with Crippen molar-refractivity contribution in [2.45, 2.75) is 45.3 Å². The van der Waals surface area contributed by atoms with Crippen molar-refractivity contribution in [1.82, 2.24) is 10.2 Å². The zero-order valence-corrected chi connectivity index (χ0v) is 13.3. The zero-order valence-electron chi connectivity index (χ0n) is 11.8. The van der Waals surface area contributed by atoms with Gasteiger partial charge in [0.25, 0.3) is 0 Å². The van der Waals surface area contributed by atoms with Gasteiger partial charge in [0.2, 0.25) is 0 Å². The number of hydrogen-bond donors (Lipinski definition) is 1. The molecule has 0 radical (unpaired) electrons. The second-order valence-corrected chi connectivity index (χ2v) is 6.45. The Bertz CT molecular complexity index is 434. The van der Waals surface area contributed by atoms with Gasteiger partial charge in [0.05, 0.1) is 10.0 Å². The lowest BCUT2D eigenvalue weighted by Gasteiger charge is -2.23. The summed E-state index contributed by atoms with van der Waals surface area (Å²) in [5.41, 5.74) is 1.19. The van der Waals surface area contributed by atoms with Gasteiger partial charge in [0.15, 0.2) is 0 Å². The van der Waals surface area contributed by atoms with E-state index in [0.29, 0.717) is 28.2 Å². The summed E-state index contributed by atoms with van der Waals surface area (Å²) in [5, 5.41) is 4.93. The van der Waals surface area contributed by atoms with E-state index in [0.717, 1.165) is 6.54 Å². The second-order valence-electron chi connectivity index (χ2n) is 5.64. The summed E-state index contributed by atoms with van der Waals surface area (Å²) < 4.78 is 0. The van der Waals surface area contributed by atoms with Crippen molar-refractivity contribution in [3.05, 3.63) is 33.8 Å². The zero-order chi connectivity index (χ0) is 14.0. The largest absolute Gasteiger partial charge is 0.306 e. The van der Waals surface area contributed by atoms with Crippen LogP contribution < -0.4 is 5.32 Å². The van der Waals surface area contributed by atoms with Crippen LogP contribution in [0.3, 0.4) is 0 Å². The minimum Gasteiger partial charge on any atom is -0.306 e. The maximum Gasteiger partial charge on any atom is 0.0595 e. The van der Waals surface area contributed by atoms with Crippen molar-refractivity contribution in [2.75, 3.05) is 13.1 Å². The molecule has 4 heteroatoms. The fraction of sp³-hybridized carbons (Fsp3) is 0.600. The van der Waals surface area contributed by atoms with E-state index < -0.39 is 0 Å². The van der Waals surface area contributed by atoms with Crippen LogP contribution in [0.1, 0.15) is 38.8 Å². The molecule has 1 aromatic carbocycles. The third-order valence-corrected chi connectivity index (χ3v) is 4.62. The quantitative estimate of drug-likeness (QED) is 0.899. The Kier molecular flexibility index (Phi) is 5.13. The van der Waals surface area contributed by atoms with Crippen LogP contribution in [0.5, 0.6) is 0 Å². The van der Waals surface area contributed by atoms with Gasteiger partial charge >= 0.3 is 0 Å². The van der Waals surface area contributed by atoms with Gasteiger partial charge in [-0.15, -0.1) is 0 Å². The molecule has 0 amide bonds. The highest BCUT2D eigenvalue weighted by atomic mass is 35.5. The molecule has 1 N–H and O–H groups in total. The lowest BCUT2D eigenvalue weighted by Crippen LogP contribution is -2.36. The molecular formula is C15H22Cl2N2. The van der Waals surface area contributed by atoms with Gasteiger partial charge in [-0.05, 0) is 51.4 Å². The first-order valence-electron chi connectivity index (χ1n) is 6.92. The van der Waals surface area contributed by atoms with Crippen molar-refractivity contribution in [3.63, 3.8) is 0 Å². The predicted octanol–water partition coefficient (Wildman–Crippen LogP) is 4.13. The van der Waals surface area contributed by atoms with Gasteiger partial charge < -0.3 is 5.32 Å². The summed E-state index contributed by atoms with van der Waals surface area (Å²) in [5.74, 6) is 0. The summed E-state index contributed by atoms with van der Waals surface area (Å²) in [6.07, 6.45) is 1.21. The molecule has 0 bridgehead atoms. The SMILES string of the molecule is CC(NC1CCN(C(C)C)C1)c1ccc(Cl)c(Cl)c1. The fourth-order valence-electron chi connectivity index (χ4n) is 2.62. The monoisotopic (exact) mass is 300 g/mol. The molecular weight excluding hydrogens is 279 g/mol. The highest BCUT2D eigenvalue weighted by Gasteiger charge is 2.25. The molecule has 2 atom stereocenters. The lowest BCUT2D eigenvalue weighted by molar-refractivity contribution is 0.266. The third-order valence-electron chi connectivity index (χ3n) is 3.88. The molecule has 19 heavy (non-hydrogen) atoms. The van der Waals surface area contributed by atoms with Crippen LogP contribution in [-0.4, -0.2) is 30.1 Å². The predicted molar refractivity (Wildman–Crippen MR) is 83.1 cm³/mol. The standard InChI is InChI=1S/C15H22Cl2N2/c1-10(2)19-7-6-13(9-19)18-11(3)12-4-5-14(16)15(17)8-12/h4-5,8,10-11,13,18H,6-7,9H2,1-3H3. The molecule has 1 aliphatic rings. The van der Waals surface area contributed by atoms with Crippen molar-refractivity contribution in [3.8, 4) is 0 Å². The van der Waals surface area contributed by atoms with Crippen LogP contribution in [-0.2, 0) is 0 Å². The van der Waals surface area contributed by atoms with Crippen molar-refractivity contribution in [2.24, 2.45) is 0 Å². The van der Waals surface area contributed by atoms with Crippen LogP contribution in [0, 0.1) is 0 Å². The lowest BCUT2D eigenvalue weighted by atomic mass is 10.1. The topological polar surface area (TPSA) is 15.3 Å². The molecule has 0 aliphatic carbocycles. The van der Waals surface area contributed by atoms with E-state index in [4.69, 9.17) is 23.2 Å². The van der Waals surface area contributed by atoms with Gasteiger partial charge in [-0.25, -0.2) is 0 Å². The highest BCUT2D eigenvalue weighted by Crippen LogP contribution is 2.26. The first-order chi connectivity index (χ1) is 8.97. The van der Waals surface area contributed by atoms with Crippen LogP contribution in [0.15, 0.2) is 18.2 Å². The van der Waals surface area contributed by atoms with E-state index in [2.05, 4.69) is 31.0 Å². The van der Waals surface area contributed by atoms with Crippen LogP contribution in [0.25, 0.3) is 0 Å². The Hall–Kier alpha value is -0.280. The average Bonchev–Trinajstić information content (AvgIpc) is 2.81. The maximum atomic E-state index is 6.07. The Labute approximate surface area is 126 Å². The summed E-state index contributed by atoms with van der Waals surface area (Å²) in [6.45, 7) is 9.00. The Morgan fingerprint density at radius 1 is 1.21 bits per heavy atom. The number of nitrogens with one attached hydrogen (secondary N) is 1. The van der Waals surface area contributed by atoms with Crippen molar-refractivity contribution >= 4 is 23.2 Å². The number of nitrogens with zero attached hydrogens (tertiary/aromatic N) is 1. The summed E-state index contributed by atoms with van der Waals surface area (Å²) in [7, 11) is 0. The number of benzene rings is 1. The molecule has 0 aromatic heterocycles. The molecule has 1 heterocycles. The summed E-state index contributed by atoms with van der Waals surface area (Å²) in [6, 6.07) is 7.36. The minimum absolute atomic E-state index is 0.298. The summed E-state index contributed by atoms with van der Waals surface area (Å²) >= 11 is 12.0. The van der Waals surface area contributed by atoms with Gasteiger partial charge in [-0.3, -0.25) is 4.90 Å². The first-order valence-corrected chi connectivity index (χ1v) is 7.68. The Morgan fingerprint density at radius 3 is 2.53 bits per heavy atom. The van der Waals surface area contributed by atoms with Crippen LogP contribution in [0.4, 0.5) is 0 Å². The molecule has 0 saturated carbocycles. The van der Waals surface area contributed by atoms with E-state index in [9.17, 15) is 0 Å². The molecule has 1 aromatic rings. The minimum atomic E-state index is 0.298. The molecule has 1 fully saturated rings. The fourth-order valence-corrected chi connectivity index (χ4v) is 2.93. The van der Waals surface area contributed by atoms with Gasteiger partial charge in [0, 0.05) is 24.7 Å². The third kappa shape index (κ3) is 3.85. The smallest absolute Gasteiger partial charge is 0.0595 e. The second kappa shape index (κ2) is 6.45. The maximum absolute atomic E-state index is 6.07. The molecule has 1 aliphatic heterocycles. The number of hydrogen-bond acceptors (Lipinski definition) is 2. The van der Waals surface area contributed by atoms with Gasteiger partial charge in [-0.2, -0.15) is 0 Å². The highest BCUT2D eigenvalue weighted by molar-refractivity contribution is 6.42. The van der Waals surface area contributed by atoms with Crippen molar-refractivity contribution < 1.29 is 0 Å². The van der Waals surface area contributed by atoms with E-state index in [1.54, 1.807) is 0 Å². The Morgan fingerprint density at radius 2 is 1.95 bits per heavy atom. The molecule has 2 unspecified atom stereocenters.